The molecule has 2 rings (SSSR count). The van der Waals surface area contributed by atoms with Gasteiger partial charge in [-0.25, -0.2) is 4.79 Å². The van der Waals surface area contributed by atoms with Crippen molar-refractivity contribution in [3.63, 3.8) is 0 Å². The molecule has 0 spiro atoms. The molecule has 0 amide bonds. The average molecular weight is 383 g/mol. The molecule has 2 fully saturated rings. The molecule has 27 heavy (non-hydrogen) atoms. The highest BCUT2D eigenvalue weighted by molar-refractivity contribution is 5.79. The van der Waals surface area contributed by atoms with Gasteiger partial charge in [0.2, 0.25) is 0 Å². The van der Waals surface area contributed by atoms with Crippen molar-refractivity contribution in [1.29, 1.82) is 0 Å². The van der Waals surface area contributed by atoms with Crippen LogP contribution in [-0.2, 0) is 23.7 Å². The highest BCUT2D eigenvalue weighted by atomic mass is 16.7. The minimum absolute atomic E-state index is 0.0452. The van der Waals surface area contributed by atoms with Gasteiger partial charge in [-0.2, -0.15) is 0 Å². The van der Waals surface area contributed by atoms with Crippen molar-refractivity contribution in [3.05, 3.63) is 12.7 Å². The van der Waals surface area contributed by atoms with Crippen LogP contribution >= 0.6 is 0 Å². The third-order valence-corrected chi connectivity index (χ3v) is 5.22. The summed E-state index contributed by atoms with van der Waals surface area (Å²) in [5.41, 5.74) is -1.53. The maximum atomic E-state index is 12.6. The molecule has 4 unspecified atom stereocenters. The number of hydrogen-bond acceptors (Lipinski definition) is 5. The molecule has 5 heteroatoms. The molecule has 1 saturated heterocycles. The Labute approximate surface area is 164 Å². The lowest BCUT2D eigenvalue weighted by molar-refractivity contribution is -0.200. The number of ether oxygens (including phenoxy) is 4. The molecule has 0 radical (unpaired) electrons. The number of hydrogen-bond donors (Lipinski definition) is 0. The van der Waals surface area contributed by atoms with Gasteiger partial charge in [0.1, 0.15) is 5.60 Å². The summed E-state index contributed by atoms with van der Waals surface area (Å²) in [6.07, 6.45) is 9.89. The Morgan fingerprint density at radius 1 is 1.15 bits per heavy atom. The molecule has 5 nitrogen and oxygen atoms in total. The Morgan fingerprint density at radius 2 is 1.93 bits per heavy atom. The SMILES string of the molecule is C=CCC(C)(OCC1CCCC(OC2CCCCO2)C1)C(=O)OC(C)(C)C. The van der Waals surface area contributed by atoms with Gasteiger partial charge in [0, 0.05) is 13.0 Å². The molecular weight excluding hydrogens is 344 g/mol. The van der Waals surface area contributed by atoms with Crippen LogP contribution in [0.2, 0.25) is 0 Å². The Kier molecular flexibility index (Phi) is 8.32. The van der Waals surface area contributed by atoms with Crippen molar-refractivity contribution in [3.8, 4) is 0 Å². The molecule has 0 aromatic carbocycles. The lowest BCUT2D eigenvalue weighted by Crippen LogP contribution is -2.44. The zero-order chi connectivity index (χ0) is 19.9. The largest absolute Gasteiger partial charge is 0.458 e. The fourth-order valence-corrected chi connectivity index (χ4v) is 3.71. The van der Waals surface area contributed by atoms with Gasteiger partial charge >= 0.3 is 5.97 Å². The molecule has 0 bridgehead atoms. The van der Waals surface area contributed by atoms with Gasteiger partial charge in [-0.05, 0) is 72.1 Å². The summed E-state index contributed by atoms with van der Waals surface area (Å²) < 4.78 is 23.6. The van der Waals surface area contributed by atoms with Gasteiger partial charge in [0.25, 0.3) is 0 Å². The van der Waals surface area contributed by atoms with Gasteiger partial charge < -0.3 is 18.9 Å². The summed E-state index contributed by atoms with van der Waals surface area (Å²) >= 11 is 0. The summed E-state index contributed by atoms with van der Waals surface area (Å²) in [7, 11) is 0. The van der Waals surface area contributed by atoms with E-state index in [4.69, 9.17) is 18.9 Å². The lowest BCUT2D eigenvalue weighted by atomic mass is 9.87. The summed E-state index contributed by atoms with van der Waals surface area (Å²) in [6.45, 7) is 12.5. The first kappa shape index (κ1) is 22.4. The van der Waals surface area contributed by atoms with Crippen molar-refractivity contribution < 1.29 is 23.7 Å². The topological polar surface area (TPSA) is 54.0 Å². The van der Waals surface area contributed by atoms with Crippen LogP contribution in [0.4, 0.5) is 0 Å². The predicted octanol–water partition coefficient (Wildman–Crippen LogP) is 4.78. The zero-order valence-electron chi connectivity index (χ0n) is 17.6. The van der Waals surface area contributed by atoms with Crippen LogP contribution in [0.15, 0.2) is 12.7 Å². The summed E-state index contributed by atoms with van der Waals surface area (Å²) in [4.78, 5) is 12.6. The van der Waals surface area contributed by atoms with Crippen LogP contribution in [0, 0.1) is 5.92 Å². The first-order valence-electron chi connectivity index (χ1n) is 10.5. The van der Waals surface area contributed by atoms with Gasteiger partial charge in [-0.3, -0.25) is 0 Å². The van der Waals surface area contributed by atoms with Crippen LogP contribution in [0.5, 0.6) is 0 Å². The van der Waals surface area contributed by atoms with Gasteiger partial charge in [-0.1, -0.05) is 12.5 Å². The third-order valence-electron chi connectivity index (χ3n) is 5.22. The average Bonchev–Trinajstić information content (AvgIpc) is 2.60. The highest BCUT2D eigenvalue weighted by Crippen LogP contribution is 2.31. The number of esters is 1. The maximum Gasteiger partial charge on any atom is 0.338 e. The number of rotatable bonds is 8. The van der Waals surface area contributed by atoms with Crippen LogP contribution in [0.3, 0.4) is 0 Å². The van der Waals surface area contributed by atoms with Crippen LogP contribution in [-0.4, -0.2) is 42.8 Å². The second kappa shape index (κ2) is 10.0. The molecule has 156 valence electrons. The summed E-state index contributed by atoms with van der Waals surface area (Å²) in [6, 6.07) is 0. The van der Waals surface area contributed by atoms with Gasteiger partial charge in [0.15, 0.2) is 11.9 Å². The van der Waals surface area contributed by atoms with E-state index in [1.54, 1.807) is 13.0 Å². The zero-order valence-corrected chi connectivity index (χ0v) is 17.6. The fraction of sp³-hybridized carbons (Fsp3) is 0.864. The van der Waals surface area contributed by atoms with E-state index in [1.807, 2.05) is 20.8 Å². The molecular formula is C22H38O5. The molecule has 1 saturated carbocycles. The van der Waals surface area contributed by atoms with Crippen molar-refractivity contribution in [2.24, 2.45) is 5.92 Å². The fourth-order valence-electron chi connectivity index (χ4n) is 3.71. The maximum absolute atomic E-state index is 12.6. The normalized spacial score (nSPS) is 29.0. The quantitative estimate of drug-likeness (QED) is 0.447. The van der Waals surface area contributed by atoms with Gasteiger partial charge in [0.05, 0.1) is 12.7 Å². The minimum Gasteiger partial charge on any atom is -0.458 e. The van der Waals surface area contributed by atoms with Crippen molar-refractivity contribution in [2.45, 2.75) is 103 Å². The van der Waals surface area contributed by atoms with E-state index in [0.717, 1.165) is 45.1 Å². The Balaban J connectivity index is 1.85. The first-order chi connectivity index (χ1) is 12.7. The van der Waals surface area contributed by atoms with E-state index in [-0.39, 0.29) is 18.4 Å². The van der Waals surface area contributed by atoms with E-state index in [1.165, 1.54) is 6.42 Å². The number of carbonyl (C=O) groups excluding carboxylic acids is 1. The smallest absolute Gasteiger partial charge is 0.338 e. The minimum atomic E-state index is -0.991. The molecule has 0 aromatic heterocycles. The predicted molar refractivity (Wildman–Crippen MR) is 105 cm³/mol. The summed E-state index contributed by atoms with van der Waals surface area (Å²) in [5, 5.41) is 0. The Hall–Kier alpha value is -0.910. The van der Waals surface area contributed by atoms with E-state index in [2.05, 4.69) is 6.58 Å². The van der Waals surface area contributed by atoms with E-state index < -0.39 is 11.2 Å². The number of carbonyl (C=O) groups is 1. The summed E-state index contributed by atoms with van der Waals surface area (Å²) in [5.74, 6) is 0.0630. The van der Waals surface area contributed by atoms with Crippen LogP contribution in [0.1, 0.15) is 79.1 Å². The van der Waals surface area contributed by atoms with E-state index in [9.17, 15) is 4.79 Å². The standard InChI is InChI=1S/C22H38O5/c1-6-13-22(5,20(23)27-21(2,3)4)25-16-17-10-9-11-18(15-17)26-19-12-7-8-14-24-19/h6,17-19H,1,7-16H2,2-5H3. The molecule has 0 N–H and O–H groups in total. The highest BCUT2D eigenvalue weighted by Gasteiger charge is 2.38. The molecule has 0 aromatic rings. The van der Waals surface area contributed by atoms with E-state index >= 15 is 0 Å². The molecule has 2 aliphatic rings. The molecule has 1 heterocycles. The molecule has 4 atom stereocenters. The Bertz CT molecular complexity index is 478. The van der Waals surface area contributed by atoms with Crippen molar-refractivity contribution in [2.75, 3.05) is 13.2 Å². The second-order valence-electron chi connectivity index (χ2n) is 9.12. The van der Waals surface area contributed by atoms with Crippen molar-refractivity contribution in [1.82, 2.24) is 0 Å². The first-order valence-corrected chi connectivity index (χ1v) is 10.5. The van der Waals surface area contributed by atoms with Crippen LogP contribution < -0.4 is 0 Å². The van der Waals surface area contributed by atoms with E-state index in [0.29, 0.717) is 18.9 Å². The second-order valence-corrected chi connectivity index (χ2v) is 9.12. The van der Waals surface area contributed by atoms with Crippen molar-refractivity contribution >= 4 is 5.97 Å². The lowest BCUT2D eigenvalue weighted by Gasteiger charge is -2.35. The Morgan fingerprint density at radius 3 is 2.56 bits per heavy atom. The van der Waals surface area contributed by atoms with Gasteiger partial charge in [-0.15, -0.1) is 6.58 Å². The van der Waals surface area contributed by atoms with Crippen LogP contribution in [0.25, 0.3) is 0 Å². The molecule has 1 aliphatic carbocycles. The molecule has 1 aliphatic heterocycles. The monoisotopic (exact) mass is 382 g/mol. The third kappa shape index (κ3) is 7.55.